The van der Waals surface area contributed by atoms with Crippen molar-refractivity contribution in [3.63, 3.8) is 0 Å². The van der Waals surface area contributed by atoms with Gasteiger partial charge in [-0.2, -0.15) is 0 Å². The highest BCUT2D eigenvalue weighted by Gasteiger charge is 2.13. The minimum Gasteiger partial charge on any atom is -0.462 e. The first kappa shape index (κ1) is 18.5. The van der Waals surface area contributed by atoms with Gasteiger partial charge >= 0.3 is 5.97 Å². The Bertz CT molecular complexity index is 684. The Hall–Kier alpha value is -2.82. The van der Waals surface area contributed by atoms with E-state index in [0.29, 0.717) is 31.7 Å². The van der Waals surface area contributed by atoms with Crippen LogP contribution >= 0.6 is 0 Å². The second-order valence-electron chi connectivity index (χ2n) is 5.45. The van der Waals surface area contributed by atoms with Crippen molar-refractivity contribution in [1.82, 2.24) is 0 Å². The van der Waals surface area contributed by atoms with E-state index in [1.165, 1.54) is 0 Å². The molecule has 0 aliphatic heterocycles. The smallest absolute Gasteiger partial charge is 0.338 e. The van der Waals surface area contributed by atoms with Crippen molar-refractivity contribution < 1.29 is 14.3 Å². The topological polar surface area (TPSA) is 58.6 Å². The first-order chi connectivity index (χ1) is 12.2. The van der Waals surface area contributed by atoms with E-state index in [1.54, 1.807) is 24.0 Å². The average Bonchev–Trinajstić information content (AvgIpc) is 2.64. The highest BCUT2D eigenvalue weighted by Crippen LogP contribution is 2.15. The molecule has 5 heteroatoms. The lowest BCUT2D eigenvalue weighted by Gasteiger charge is -2.21. The molecule has 2 aromatic rings. The molecule has 0 saturated carbocycles. The highest BCUT2D eigenvalue weighted by molar-refractivity contribution is 5.93. The number of esters is 1. The lowest BCUT2D eigenvalue weighted by Crippen LogP contribution is -2.31. The number of nitrogens with zero attached hydrogens (tertiary/aromatic N) is 1. The van der Waals surface area contributed by atoms with E-state index in [1.807, 2.05) is 49.4 Å². The molecule has 0 radical (unpaired) electrons. The van der Waals surface area contributed by atoms with E-state index in [-0.39, 0.29) is 11.9 Å². The summed E-state index contributed by atoms with van der Waals surface area (Å²) in [5, 5.41) is 3.20. The molecule has 0 unspecified atom stereocenters. The van der Waals surface area contributed by atoms with Gasteiger partial charge in [-0.1, -0.05) is 18.2 Å². The Morgan fingerprint density at radius 3 is 2.28 bits per heavy atom. The number of para-hydroxylation sites is 1. The number of benzene rings is 2. The third-order valence-corrected chi connectivity index (χ3v) is 3.75. The normalized spacial score (nSPS) is 10.2. The third kappa shape index (κ3) is 5.35. The van der Waals surface area contributed by atoms with Gasteiger partial charge in [0.1, 0.15) is 0 Å². The molecule has 0 bridgehead atoms. The standard InChI is InChI=1S/C20H24N2O3/c1-3-22(18-8-6-5-7-9-18)19(23)14-15-21-17-12-10-16(11-13-17)20(24)25-4-2/h5-13,21H,3-4,14-15H2,1-2H3. The van der Waals surface area contributed by atoms with Crippen molar-refractivity contribution in [2.75, 3.05) is 29.9 Å². The van der Waals surface area contributed by atoms with Crippen molar-refractivity contribution >= 4 is 23.3 Å². The molecule has 2 rings (SSSR count). The fraction of sp³-hybridized carbons (Fsp3) is 0.300. The zero-order valence-corrected chi connectivity index (χ0v) is 14.7. The monoisotopic (exact) mass is 340 g/mol. The molecule has 0 heterocycles. The summed E-state index contributed by atoms with van der Waals surface area (Å²) < 4.78 is 4.95. The second kappa shape index (κ2) is 9.47. The van der Waals surface area contributed by atoms with Gasteiger partial charge in [0.25, 0.3) is 0 Å². The van der Waals surface area contributed by atoms with Crippen LogP contribution in [0.1, 0.15) is 30.6 Å². The number of carbonyl (C=O) groups is 2. The number of ether oxygens (including phenoxy) is 1. The van der Waals surface area contributed by atoms with Gasteiger partial charge in [-0.05, 0) is 50.2 Å². The van der Waals surface area contributed by atoms with E-state index >= 15 is 0 Å². The van der Waals surface area contributed by atoms with E-state index in [0.717, 1.165) is 11.4 Å². The molecule has 1 N–H and O–H groups in total. The average molecular weight is 340 g/mol. The van der Waals surface area contributed by atoms with Crippen LogP contribution in [0.3, 0.4) is 0 Å². The molecular weight excluding hydrogens is 316 g/mol. The van der Waals surface area contributed by atoms with Crippen molar-refractivity contribution in [2.24, 2.45) is 0 Å². The fourth-order valence-corrected chi connectivity index (χ4v) is 2.50. The van der Waals surface area contributed by atoms with Crippen LogP contribution in [-0.4, -0.2) is 31.6 Å². The predicted octanol–water partition coefficient (Wildman–Crippen LogP) is 3.72. The van der Waals surface area contributed by atoms with Crippen molar-refractivity contribution in [3.8, 4) is 0 Å². The number of hydrogen-bond donors (Lipinski definition) is 1. The third-order valence-electron chi connectivity index (χ3n) is 3.75. The first-order valence-corrected chi connectivity index (χ1v) is 8.52. The lowest BCUT2D eigenvalue weighted by molar-refractivity contribution is -0.118. The van der Waals surface area contributed by atoms with Gasteiger partial charge in [0, 0.05) is 30.9 Å². The van der Waals surface area contributed by atoms with Gasteiger partial charge in [-0.3, -0.25) is 4.79 Å². The lowest BCUT2D eigenvalue weighted by atomic mass is 10.2. The van der Waals surface area contributed by atoms with Crippen LogP contribution in [0, 0.1) is 0 Å². The summed E-state index contributed by atoms with van der Waals surface area (Å²) in [4.78, 5) is 25.8. The Balaban J connectivity index is 1.85. The highest BCUT2D eigenvalue weighted by atomic mass is 16.5. The first-order valence-electron chi connectivity index (χ1n) is 8.52. The number of carbonyl (C=O) groups excluding carboxylic acids is 2. The van der Waals surface area contributed by atoms with Crippen molar-refractivity contribution in [1.29, 1.82) is 0 Å². The molecule has 25 heavy (non-hydrogen) atoms. The fourth-order valence-electron chi connectivity index (χ4n) is 2.50. The van der Waals surface area contributed by atoms with Crippen LogP contribution < -0.4 is 10.2 Å². The summed E-state index contributed by atoms with van der Waals surface area (Å²) >= 11 is 0. The molecule has 0 atom stereocenters. The van der Waals surface area contributed by atoms with Gasteiger partial charge < -0.3 is 15.0 Å². The summed E-state index contributed by atoms with van der Waals surface area (Å²) in [5.41, 5.74) is 2.29. The van der Waals surface area contributed by atoms with Gasteiger partial charge in [-0.25, -0.2) is 4.79 Å². The minimum atomic E-state index is -0.328. The number of rotatable bonds is 8. The largest absolute Gasteiger partial charge is 0.462 e. The molecule has 5 nitrogen and oxygen atoms in total. The van der Waals surface area contributed by atoms with E-state index in [2.05, 4.69) is 5.32 Å². The number of amides is 1. The zero-order valence-electron chi connectivity index (χ0n) is 14.7. The van der Waals surface area contributed by atoms with E-state index in [9.17, 15) is 9.59 Å². The second-order valence-corrected chi connectivity index (χ2v) is 5.45. The molecule has 0 spiro atoms. The van der Waals surface area contributed by atoms with Crippen LogP contribution in [0.2, 0.25) is 0 Å². The van der Waals surface area contributed by atoms with Crippen LogP contribution in [-0.2, 0) is 9.53 Å². The summed E-state index contributed by atoms with van der Waals surface area (Å²) in [6.45, 7) is 5.26. The molecule has 0 aliphatic carbocycles. The number of hydrogen-bond acceptors (Lipinski definition) is 4. The molecule has 0 aromatic heterocycles. The van der Waals surface area contributed by atoms with E-state index < -0.39 is 0 Å². The molecule has 2 aromatic carbocycles. The van der Waals surface area contributed by atoms with Crippen molar-refractivity contribution in [3.05, 3.63) is 60.2 Å². The van der Waals surface area contributed by atoms with Crippen LogP contribution in [0.25, 0.3) is 0 Å². The maximum atomic E-state index is 12.4. The quantitative estimate of drug-likeness (QED) is 0.744. The van der Waals surface area contributed by atoms with Crippen LogP contribution in [0.15, 0.2) is 54.6 Å². The van der Waals surface area contributed by atoms with Gasteiger partial charge in [-0.15, -0.1) is 0 Å². The van der Waals surface area contributed by atoms with Gasteiger partial charge in [0.2, 0.25) is 5.91 Å². The maximum Gasteiger partial charge on any atom is 0.338 e. The summed E-state index contributed by atoms with van der Waals surface area (Å²) in [7, 11) is 0. The minimum absolute atomic E-state index is 0.0735. The van der Waals surface area contributed by atoms with Gasteiger partial charge in [0.15, 0.2) is 0 Å². The van der Waals surface area contributed by atoms with Crippen LogP contribution in [0.4, 0.5) is 11.4 Å². The molecule has 1 amide bonds. The zero-order chi connectivity index (χ0) is 18.1. The Morgan fingerprint density at radius 2 is 1.68 bits per heavy atom. The van der Waals surface area contributed by atoms with Crippen LogP contribution in [0.5, 0.6) is 0 Å². The van der Waals surface area contributed by atoms with Gasteiger partial charge in [0.05, 0.1) is 12.2 Å². The number of anilines is 2. The molecular formula is C20H24N2O3. The summed E-state index contributed by atoms with van der Waals surface area (Å²) in [6, 6.07) is 16.7. The Kier molecular flexibility index (Phi) is 7.01. The SMILES string of the molecule is CCOC(=O)c1ccc(NCCC(=O)N(CC)c2ccccc2)cc1. The summed E-state index contributed by atoms with van der Waals surface area (Å²) in [5.74, 6) is -0.255. The predicted molar refractivity (Wildman–Crippen MR) is 100.0 cm³/mol. The maximum absolute atomic E-state index is 12.4. The molecule has 132 valence electrons. The molecule has 0 saturated heterocycles. The Morgan fingerprint density at radius 1 is 1.00 bits per heavy atom. The molecule has 0 aliphatic rings. The summed E-state index contributed by atoms with van der Waals surface area (Å²) in [6.07, 6.45) is 0.391. The Labute approximate surface area is 148 Å². The molecule has 0 fully saturated rings. The van der Waals surface area contributed by atoms with Crippen molar-refractivity contribution in [2.45, 2.75) is 20.3 Å². The number of nitrogens with one attached hydrogen (secondary N) is 1. The van der Waals surface area contributed by atoms with E-state index in [4.69, 9.17) is 4.74 Å².